The molecule has 2 aromatic heterocycles. The minimum absolute atomic E-state index is 0.0445. The SMILES string of the molecule is COC1=CC(=O)c2nc(C)c3c([nH]c4ccccc43)c2C1=O. The van der Waals surface area contributed by atoms with E-state index in [1.54, 1.807) is 0 Å². The summed E-state index contributed by atoms with van der Waals surface area (Å²) in [4.78, 5) is 32.4. The van der Waals surface area contributed by atoms with Gasteiger partial charge in [0, 0.05) is 28.1 Å². The maximum absolute atomic E-state index is 12.6. The van der Waals surface area contributed by atoms with Gasteiger partial charge in [0.15, 0.2) is 5.76 Å². The number of rotatable bonds is 1. The zero-order valence-electron chi connectivity index (χ0n) is 12.1. The van der Waals surface area contributed by atoms with E-state index in [4.69, 9.17) is 4.74 Å². The molecule has 2 heterocycles. The number of ketones is 2. The predicted octanol–water partition coefficient (Wildman–Crippen LogP) is 2.93. The van der Waals surface area contributed by atoms with Crippen molar-refractivity contribution in [3.05, 3.63) is 53.1 Å². The number of pyridine rings is 1. The largest absolute Gasteiger partial charge is 0.492 e. The number of methoxy groups -OCH3 is 1. The number of carbonyl (C=O) groups excluding carboxylic acids is 2. The molecular formula is C17H12N2O3. The van der Waals surface area contributed by atoms with Crippen molar-refractivity contribution >= 4 is 33.4 Å². The molecule has 0 aliphatic heterocycles. The third kappa shape index (κ3) is 1.50. The van der Waals surface area contributed by atoms with Gasteiger partial charge in [-0.1, -0.05) is 18.2 Å². The first-order chi connectivity index (χ1) is 10.6. The van der Waals surface area contributed by atoms with Crippen LogP contribution in [0.25, 0.3) is 21.8 Å². The molecule has 22 heavy (non-hydrogen) atoms. The number of fused-ring (bicyclic) bond motifs is 5. The maximum Gasteiger partial charge on any atom is 0.232 e. The normalized spacial score (nSPS) is 14.4. The van der Waals surface area contributed by atoms with Gasteiger partial charge in [-0.05, 0) is 13.0 Å². The van der Waals surface area contributed by atoms with E-state index in [0.29, 0.717) is 11.1 Å². The Hall–Kier alpha value is -2.95. The van der Waals surface area contributed by atoms with Gasteiger partial charge in [-0.2, -0.15) is 0 Å². The highest BCUT2D eigenvalue weighted by Gasteiger charge is 2.31. The van der Waals surface area contributed by atoms with Crippen molar-refractivity contribution in [3.63, 3.8) is 0 Å². The fourth-order valence-corrected chi connectivity index (χ4v) is 3.03. The van der Waals surface area contributed by atoms with Crippen LogP contribution in [0, 0.1) is 6.92 Å². The third-order valence-electron chi connectivity index (χ3n) is 4.00. The Morgan fingerprint density at radius 3 is 2.73 bits per heavy atom. The standard InChI is InChI=1S/C17H12N2O3/c1-8-13-9-5-3-4-6-10(9)19-16(13)14-15(18-8)11(20)7-12(22-2)17(14)21/h3-7,19H,1-2H3. The molecule has 108 valence electrons. The number of aryl methyl sites for hydroxylation is 1. The van der Waals surface area contributed by atoms with Gasteiger partial charge >= 0.3 is 0 Å². The second-order valence-corrected chi connectivity index (χ2v) is 5.25. The van der Waals surface area contributed by atoms with Gasteiger partial charge in [-0.3, -0.25) is 9.59 Å². The van der Waals surface area contributed by atoms with Crippen molar-refractivity contribution in [2.45, 2.75) is 6.92 Å². The van der Waals surface area contributed by atoms with Crippen LogP contribution in [0.3, 0.4) is 0 Å². The lowest BCUT2D eigenvalue weighted by molar-refractivity contribution is 0.0915. The van der Waals surface area contributed by atoms with Crippen LogP contribution in [-0.4, -0.2) is 28.6 Å². The first kappa shape index (κ1) is 12.8. The summed E-state index contributed by atoms with van der Waals surface area (Å²) < 4.78 is 5.03. The summed E-state index contributed by atoms with van der Waals surface area (Å²) in [6.45, 7) is 1.84. The van der Waals surface area contributed by atoms with E-state index in [9.17, 15) is 9.59 Å². The lowest BCUT2D eigenvalue weighted by atomic mass is 9.95. The van der Waals surface area contributed by atoms with E-state index in [1.165, 1.54) is 13.2 Å². The molecule has 5 nitrogen and oxygen atoms in total. The first-order valence-electron chi connectivity index (χ1n) is 6.87. The Bertz CT molecular complexity index is 1010. The first-order valence-corrected chi connectivity index (χ1v) is 6.87. The van der Waals surface area contributed by atoms with Crippen LogP contribution in [-0.2, 0) is 4.74 Å². The molecule has 0 atom stereocenters. The van der Waals surface area contributed by atoms with E-state index >= 15 is 0 Å². The monoisotopic (exact) mass is 292 g/mol. The molecule has 0 bridgehead atoms. The second kappa shape index (κ2) is 4.27. The molecule has 0 radical (unpaired) electrons. The van der Waals surface area contributed by atoms with Gasteiger partial charge in [-0.25, -0.2) is 4.98 Å². The number of ether oxygens (including phenoxy) is 1. The summed E-state index contributed by atoms with van der Waals surface area (Å²) in [6.07, 6.45) is 1.20. The average Bonchev–Trinajstić information content (AvgIpc) is 2.90. The molecule has 1 aliphatic rings. The fourth-order valence-electron chi connectivity index (χ4n) is 3.03. The number of H-pyrrole nitrogens is 1. The van der Waals surface area contributed by atoms with Crippen molar-refractivity contribution in [3.8, 4) is 0 Å². The molecule has 1 N–H and O–H groups in total. The number of aromatic amines is 1. The Kier molecular flexibility index (Phi) is 2.48. The molecule has 0 saturated heterocycles. The van der Waals surface area contributed by atoms with Crippen LogP contribution >= 0.6 is 0 Å². The molecule has 1 aliphatic carbocycles. The molecule has 0 spiro atoms. The Labute approximate surface area is 125 Å². The zero-order chi connectivity index (χ0) is 15.4. The third-order valence-corrected chi connectivity index (χ3v) is 4.00. The highest BCUT2D eigenvalue weighted by molar-refractivity contribution is 6.29. The molecule has 0 unspecified atom stereocenters. The van der Waals surface area contributed by atoms with E-state index in [-0.39, 0.29) is 23.0 Å². The Balaban J connectivity index is 2.20. The molecule has 1 aromatic carbocycles. The molecule has 4 rings (SSSR count). The number of hydrogen-bond acceptors (Lipinski definition) is 4. The van der Waals surface area contributed by atoms with Crippen molar-refractivity contribution < 1.29 is 14.3 Å². The lowest BCUT2D eigenvalue weighted by Gasteiger charge is -2.15. The quantitative estimate of drug-likeness (QED) is 0.748. The van der Waals surface area contributed by atoms with E-state index in [0.717, 1.165) is 22.0 Å². The summed E-state index contributed by atoms with van der Waals surface area (Å²) >= 11 is 0. The van der Waals surface area contributed by atoms with Crippen LogP contribution in [0.4, 0.5) is 0 Å². The Morgan fingerprint density at radius 1 is 1.18 bits per heavy atom. The fraction of sp³-hybridized carbons (Fsp3) is 0.118. The molecule has 5 heteroatoms. The van der Waals surface area contributed by atoms with Crippen molar-refractivity contribution in [2.24, 2.45) is 0 Å². The number of hydrogen-bond donors (Lipinski definition) is 1. The van der Waals surface area contributed by atoms with Crippen LogP contribution in [0.5, 0.6) is 0 Å². The van der Waals surface area contributed by atoms with E-state index in [2.05, 4.69) is 9.97 Å². The molecule has 3 aromatic rings. The number of para-hydroxylation sites is 1. The van der Waals surface area contributed by atoms with Crippen LogP contribution in [0.1, 0.15) is 26.5 Å². The maximum atomic E-state index is 12.6. The number of allylic oxidation sites excluding steroid dienone is 2. The van der Waals surface area contributed by atoms with Crippen LogP contribution in [0.15, 0.2) is 36.1 Å². The van der Waals surface area contributed by atoms with Crippen molar-refractivity contribution in [2.75, 3.05) is 7.11 Å². The molecule has 0 saturated carbocycles. The summed E-state index contributed by atoms with van der Waals surface area (Å²) in [5, 5.41) is 1.85. The van der Waals surface area contributed by atoms with Gasteiger partial charge in [0.05, 0.1) is 18.2 Å². The summed E-state index contributed by atoms with van der Waals surface area (Å²) in [7, 11) is 1.38. The van der Waals surface area contributed by atoms with Gasteiger partial charge < -0.3 is 9.72 Å². The zero-order valence-corrected chi connectivity index (χ0v) is 12.1. The number of aromatic nitrogens is 2. The minimum Gasteiger partial charge on any atom is -0.492 e. The van der Waals surface area contributed by atoms with Gasteiger partial charge in [-0.15, -0.1) is 0 Å². The van der Waals surface area contributed by atoms with Crippen LogP contribution < -0.4 is 0 Å². The predicted molar refractivity (Wildman–Crippen MR) is 82.1 cm³/mol. The number of nitrogens with one attached hydrogen (secondary N) is 1. The Morgan fingerprint density at radius 2 is 1.95 bits per heavy atom. The van der Waals surface area contributed by atoms with Crippen molar-refractivity contribution in [1.82, 2.24) is 9.97 Å². The van der Waals surface area contributed by atoms with Gasteiger partial charge in [0.2, 0.25) is 11.6 Å². The highest BCUT2D eigenvalue weighted by Crippen LogP contribution is 2.34. The van der Waals surface area contributed by atoms with Crippen LogP contribution in [0.2, 0.25) is 0 Å². The average molecular weight is 292 g/mol. The smallest absolute Gasteiger partial charge is 0.232 e. The summed E-state index contributed by atoms with van der Waals surface area (Å²) in [6, 6.07) is 7.75. The summed E-state index contributed by atoms with van der Waals surface area (Å²) in [5.74, 6) is -0.584. The van der Waals surface area contributed by atoms with E-state index < -0.39 is 0 Å². The highest BCUT2D eigenvalue weighted by atomic mass is 16.5. The van der Waals surface area contributed by atoms with Gasteiger partial charge in [0.25, 0.3) is 0 Å². The number of carbonyl (C=O) groups is 2. The number of nitrogens with zero attached hydrogens (tertiary/aromatic N) is 1. The minimum atomic E-state index is -0.318. The molecule has 0 amide bonds. The molecular weight excluding hydrogens is 280 g/mol. The van der Waals surface area contributed by atoms with Crippen molar-refractivity contribution in [1.29, 1.82) is 0 Å². The van der Waals surface area contributed by atoms with Gasteiger partial charge in [0.1, 0.15) is 5.69 Å². The van der Waals surface area contributed by atoms with E-state index in [1.807, 2.05) is 31.2 Å². The number of benzene rings is 1. The topological polar surface area (TPSA) is 72.0 Å². The summed E-state index contributed by atoms with van der Waals surface area (Å²) in [5.41, 5.74) is 2.75. The second-order valence-electron chi connectivity index (χ2n) is 5.25. The number of Topliss-reactive ketones (excluding diaryl/α,β-unsaturated/α-hetero) is 1. The lowest BCUT2D eigenvalue weighted by Crippen LogP contribution is -2.20. The molecule has 0 fully saturated rings.